The van der Waals surface area contributed by atoms with Gasteiger partial charge in [0.2, 0.25) is 0 Å². The summed E-state index contributed by atoms with van der Waals surface area (Å²) in [6.07, 6.45) is 0. The third kappa shape index (κ3) is 4.95. The van der Waals surface area contributed by atoms with E-state index in [1.54, 1.807) is 0 Å². The first-order valence-corrected chi connectivity index (χ1v) is 16.5. The Kier molecular flexibility index (Phi) is 4.54. The summed E-state index contributed by atoms with van der Waals surface area (Å²) in [5, 5.41) is 1.70. The van der Waals surface area contributed by atoms with Crippen LogP contribution in [0.4, 0.5) is 0 Å². The fourth-order valence-electron chi connectivity index (χ4n) is 6.06. The predicted octanol–water partition coefficient (Wildman–Crippen LogP) is 12.5. The van der Waals surface area contributed by atoms with Gasteiger partial charge in [0.1, 0.15) is 11.2 Å². The molecule has 0 spiro atoms. The van der Waals surface area contributed by atoms with Gasteiger partial charge < -0.3 is 4.42 Å². The van der Waals surface area contributed by atoms with E-state index in [1.165, 1.54) is 0 Å². The summed E-state index contributed by atoms with van der Waals surface area (Å²) in [7, 11) is 0. The Morgan fingerprint density at radius 2 is 1.08 bits per heavy atom. The number of fused-ring (bicyclic) bond motifs is 6. The van der Waals surface area contributed by atoms with Crippen LogP contribution < -0.4 is 0 Å². The van der Waals surface area contributed by atoms with Crippen molar-refractivity contribution in [2.45, 2.75) is 0 Å². The maximum Gasteiger partial charge on any atom is 0.164 e. The molecule has 3 aromatic heterocycles. The van der Waals surface area contributed by atoms with Crippen molar-refractivity contribution in [2.24, 2.45) is 0 Å². The third-order valence-corrected chi connectivity index (χ3v) is 9.53. The molecule has 0 N–H and O–H groups in total. The number of nitrogens with zero attached hydrogens (tertiary/aromatic N) is 3. The molecule has 7 aromatic carbocycles. The monoisotopic (exact) mass is 668 g/mol. The molecule has 234 valence electrons. The molecule has 0 unspecified atom stereocenters. The van der Waals surface area contributed by atoms with Gasteiger partial charge in [0.05, 0.1) is 15.1 Å². The minimum absolute atomic E-state index is 0.00541. The van der Waals surface area contributed by atoms with E-state index in [4.69, 9.17) is 29.0 Å². The van der Waals surface area contributed by atoms with Crippen molar-refractivity contribution in [3.05, 3.63) is 164 Å². The summed E-state index contributed by atoms with van der Waals surface area (Å²) in [6.45, 7) is 0. The average molecular weight is 669 g/mol. The average Bonchev–Trinajstić information content (AvgIpc) is 3.88. The van der Waals surface area contributed by atoms with Crippen molar-refractivity contribution in [1.82, 2.24) is 15.0 Å². The number of rotatable bonds is 5. The Hall–Kier alpha value is -6.43. The van der Waals surface area contributed by atoms with Crippen molar-refractivity contribution >= 4 is 53.4 Å². The zero-order valence-electron chi connectivity index (χ0n) is 36.9. The molecule has 0 radical (unpaired) electrons. The van der Waals surface area contributed by atoms with Gasteiger partial charge in [0, 0.05) is 47.6 Å². The molecule has 0 atom stereocenters. The smallest absolute Gasteiger partial charge is 0.164 e. The highest BCUT2D eigenvalue weighted by molar-refractivity contribution is 7.25. The van der Waals surface area contributed by atoms with E-state index in [0.717, 1.165) is 33.2 Å². The topological polar surface area (TPSA) is 51.8 Å². The van der Waals surface area contributed by atoms with Crippen LogP contribution in [0.2, 0.25) is 0 Å². The maximum absolute atomic E-state index is 9.55. The second kappa shape index (κ2) is 11.6. The molecule has 5 heteroatoms. The van der Waals surface area contributed by atoms with E-state index in [2.05, 4.69) is 0 Å². The van der Waals surface area contributed by atoms with E-state index >= 15 is 0 Å². The molecule has 0 aliphatic carbocycles. The molecule has 0 saturated heterocycles. The van der Waals surface area contributed by atoms with Crippen LogP contribution in [-0.4, -0.2) is 15.0 Å². The number of hydrogen-bond donors (Lipinski definition) is 0. The molecule has 10 aromatic rings. The van der Waals surface area contributed by atoms with Gasteiger partial charge >= 0.3 is 0 Å². The van der Waals surface area contributed by atoms with E-state index in [1.807, 2.05) is 97.1 Å². The van der Waals surface area contributed by atoms with Crippen molar-refractivity contribution in [2.75, 3.05) is 0 Å². The zero-order valence-corrected chi connectivity index (χ0v) is 26.7. The first-order chi connectivity index (χ1) is 29.3. The standard InChI is InChI=1S/C45H27N3OS/c1-3-9-28(10-4-1)30-15-17-31(18-16-30)43-46-44(33-20-23-40-37(26-33)35-13-7-8-14-39(35)49-40)48-45(47-43)34-19-22-36-38-25-32(29-11-5-2-6-12-29)21-24-41(38)50-42(36)27-34/h1-27H/i2D,5D,6D,11D,12D,19D,21D,22D,24D,25D,27D. The fraction of sp³-hybridized carbons (Fsp3) is 0. The summed E-state index contributed by atoms with van der Waals surface area (Å²) in [5.41, 5.74) is 3.74. The lowest BCUT2D eigenvalue weighted by atomic mass is 10.0. The molecule has 0 aliphatic rings. The highest BCUT2D eigenvalue weighted by Crippen LogP contribution is 2.39. The van der Waals surface area contributed by atoms with E-state index < -0.39 is 66.0 Å². The number of benzene rings is 7. The third-order valence-electron chi connectivity index (χ3n) is 8.50. The molecule has 0 fully saturated rings. The van der Waals surface area contributed by atoms with Crippen LogP contribution in [0.3, 0.4) is 0 Å². The summed E-state index contributed by atoms with van der Waals surface area (Å²) < 4.78 is 103. The van der Waals surface area contributed by atoms with Crippen molar-refractivity contribution < 1.29 is 19.5 Å². The van der Waals surface area contributed by atoms with Gasteiger partial charge in [0.15, 0.2) is 17.5 Å². The Morgan fingerprint density at radius 3 is 1.92 bits per heavy atom. The quantitative estimate of drug-likeness (QED) is 0.183. The highest BCUT2D eigenvalue weighted by Gasteiger charge is 2.16. The van der Waals surface area contributed by atoms with Gasteiger partial charge in [-0.3, -0.25) is 0 Å². The van der Waals surface area contributed by atoms with Gasteiger partial charge in [-0.2, -0.15) is 0 Å². The second-order valence-electron chi connectivity index (χ2n) is 11.6. The van der Waals surface area contributed by atoms with Crippen LogP contribution in [0.25, 0.3) is 98.5 Å². The second-order valence-corrected chi connectivity index (χ2v) is 12.6. The fourth-order valence-corrected chi connectivity index (χ4v) is 7.03. The lowest BCUT2D eigenvalue weighted by Gasteiger charge is -2.09. The molecule has 0 aliphatic heterocycles. The molecule has 10 rings (SSSR count). The first-order valence-electron chi connectivity index (χ1n) is 21.2. The largest absolute Gasteiger partial charge is 0.456 e. The SMILES string of the molecule is [2H]c1c([2H])c([2H])c(-c2c([2H])c([2H])c3sc4c([2H])c(-c5nc(-c6ccc(-c7ccccc7)cc6)nc(-c6ccc7oc8ccccc8c7c6)n5)c([2H])c([2H])c4c3c2[2H])c([2H])c1[2H]. The number of para-hydroxylation sites is 1. The van der Waals surface area contributed by atoms with E-state index in [9.17, 15) is 5.48 Å². The molecular weight excluding hydrogens is 631 g/mol. The van der Waals surface area contributed by atoms with Gasteiger partial charge in [-0.25, -0.2) is 15.0 Å². The molecular formula is C45H27N3OS. The number of furan rings is 1. The summed E-state index contributed by atoms with van der Waals surface area (Å²) >= 11 is 0.902. The Labute approximate surface area is 307 Å². The Morgan fingerprint density at radius 1 is 0.420 bits per heavy atom. The molecule has 4 nitrogen and oxygen atoms in total. The van der Waals surface area contributed by atoms with Crippen molar-refractivity contribution in [1.29, 1.82) is 0 Å². The zero-order chi connectivity index (χ0) is 42.6. The van der Waals surface area contributed by atoms with Crippen LogP contribution in [0.15, 0.2) is 168 Å². The molecule has 0 amide bonds. The van der Waals surface area contributed by atoms with Crippen molar-refractivity contribution in [3.8, 4) is 56.4 Å². The van der Waals surface area contributed by atoms with Crippen LogP contribution in [-0.2, 0) is 0 Å². The van der Waals surface area contributed by atoms with Gasteiger partial charge in [-0.1, -0.05) is 121 Å². The maximum atomic E-state index is 9.55. The Bertz CT molecular complexity index is 3470. The summed E-state index contributed by atoms with van der Waals surface area (Å²) in [4.78, 5) is 14.6. The molecule has 0 bridgehead atoms. The van der Waals surface area contributed by atoms with Gasteiger partial charge in [-0.05, 0) is 64.6 Å². The normalized spacial score (nSPS) is 14.7. The van der Waals surface area contributed by atoms with Crippen molar-refractivity contribution in [3.63, 3.8) is 0 Å². The molecule has 0 saturated carbocycles. The number of hydrogen-bond acceptors (Lipinski definition) is 5. The predicted molar refractivity (Wildman–Crippen MR) is 207 cm³/mol. The minimum Gasteiger partial charge on any atom is -0.456 e. The first kappa shape index (κ1) is 19.5. The van der Waals surface area contributed by atoms with E-state index in [-0.39, 0.29) is 54.8 Å². The Balaban J connectivity index is 1.21. The lowest BCUT2D eigenvalue weighted by molar-refractivity contribution is 0.669. The van der Waals surface area contributed by atoms with Gasteiger partial charge in [0.25, 0.3) is 0 Å². The van der Waals surface area contributed by atoms with Crippen LogP contribution in [0.5, 0.6) is 0 Å². The van der Waals surface area contributed by atoms with Crippen LogP contribution in [0.1, 0.15) is 15.1 Å². The van der Waals surface area contributed by atoms with Crippen LogP contribution >= 0.6 is 11.3 Å². The van der Waals surface area contributed by atoms with Crippen LogP contribution in [0, 0.1) is 0 Å². The summed E-state index contributed by atoms with van der Waals surface area (Å²) in [5.74, 6) is 0.443. The molecule has 3 heterocycles. The summed E-state index contributed by atoms with van der Waals surface area (Å²) in [6, 6.07) is 25.0. The lowest BCUT2D eigenvalue weighted by Crippen LogP contribution is -2.00. The van der Waals surface area contributed by atoms with Gasteiger partial charge in [-0.15, -0.1) is 11.3 Å². The minimum atomic E-state index is -0.661. The number of thiophene rings is 1. The molecule has 50 heavy (non-hydrogen) atoms. The number of aromatic nitrogens is 3. The highest BCUT2D eigenvalue weighted by atomic mass is 32.1. The van der Waals surface area contributed by atoms with E-state index in [0.29, 0.717) is 22.3 Å².